The van der Waals surface area contributed by atoms with Crippen molar-refractivity contribution in [2.75, 3.05) is 6.61 Å². The lowest BCUT2D eigenvalue weighted by atomic mass is 9.91. The van der Waals surface area contributed by atoms with Crippen LogP contribution < -0.4 is 16.0 Å². The van der Waals surface area contributed by atoms with Crippen molar-refractivity contribution in [1.82, 2.24) is 20.9 Å². The number of ether oxygens (including phenoxy) is 1. The topological polar surface area (TPSA) is 130 Å². The molecule has 5 atom stereocenters. The molecule has 2 heterocycles. The monoisotopic (exact) mass is 530 g/mol. The molecule has 38 heavy (non-hydrogen) atoms. The number of epoxide rings is 1. The summed E-state index contributed by atoms with van der Waals surface area (Å²) in [5.41, 5.74) is 0.176. The fraction of sp³-hybridized carbons (Fsp3) is 0.690. The van der Waals surface area contributed by atoms with Crippen molar-refractivity contribution in [3.63, 3.8) is 0 Å². The summed E-state index contributed by atoms with van der Waals surface area (Å²) in [6.45, 7) is 10.0. The molecule has 0 radical (unpaired) electrons. The second kappa shape index (κ2) is 15.6. The van der Waals surface area contributed by atoms with E-state index in [4.69, 9.17) is 4.74 Å². The van der Waals surface area contributed by atoms with Crippen LogP contribution in [-0.4, -0.2) is 58.8 Å². The first-order chi connectivity index (χ1) is 18.1. The summed E-state index contributed by atoms with van der Waals surface area (Å²) in [4.78, 5) is 55.7. The number of hydrogen-bond acceptors (Lipinski definition) is 6. The molecule has 0 saturated carbocycles. The third-order valence-corrected chi connectivity index (χ3v) is 6.97. The molecule has 0 aliphatic carbocycles. The molecule has 1 fully saturated rings. The predicted octanol–water partition coefficient (Wildman–Crippen LogP) is 3.25. The molecular formula is C29H46N4O5. The first-order valence-corrected chi connectivity index (χ1v) is 14.1. The molecule has 3 amide bonds. The summed E-state index contributed by atoms with van der Waals surface area (Å²) in [5, 5.41) is 8.74. The number of hydrogen-bond donors (Lipinski definition) is 3. The maximum absolute atomic E-state index is 13.4. The highest BCUT2D eigenvalue weighted by Crippen LogP contribution is 2.31. The third-order valence-electron chi connectivity index (χ3n) is 6.97. The smallest absolute Gasteiger partial charge is 0.243 e. The van der Waals surface area contributed by atoms with Crippen molar-refractivity contribution in [1.29, 1.82) is 0 Å². The standard InChI is InChI=1S/C29H46N4O5/c1-6-8-10-12-25(34)32-24(18-22-13-15-30-16-14-22)28(37)33-23(11-9-7-2)27(36)31-21(4)17-20(3)26(35)29(5)19-38-29/h13-16,20-21,23-24H,6-12,17-19H2,1-5H3,(H,31,36)(H,32,34)(H,33,37)/t20-,21?,23-,24-,29+/m0/s1. The van der Waals surface area contributed by atoms with Crippen LogP contribution in [0, 0.1) is 5.92 Å². The van der Waals surface area contributed by atoms with Gasteiger partial charge in [-0.25, -0.2) is 0 Å². The highest BCUT2D eigenvalue weighted by atomic mass is 16.6. The zero-order chi connectivity index (χ0) is 28.1. The normalized spacial score (nSPS) is 19.5. The van der Waals surface area contributed by atoms with E-state index in [0.717, 1.165) is 37.7 Å². The van der Waals surface area contributed by atoms with E-state index in [1.807, 2.05) is 32.9 Å². The number of amides is 3. The Labute approximate surface area is 227 Å². The summed E-state index contributed by atoms with van der Waals surface area (Å²) in [6, 6.07) is 1.81. The van der Waals surface area contributed by atoms with Crippen molar-refractivity contribution < 1.29 is 23.9 Å². The number of carbonyl (C=O) groups excluding carboxylic acids is 4. The minimum atomic E-state index is -0.808. The average Bonchev–Trinajstić information content (AvgIpc) is 3.64. The van der Waals surface area contributed by atoms with E-state index in [2.05, 4.69) is 27.9 Å². The number of carbonyl (C=O) groups is 4. The van der Waals surface area contributed by atoms with Crippen LogP contribution in [0.2, 0.25) is 0 Å². The minimum Gasteiger partial charge on any atom is -0.362 e. The Morgan fingerprint density at radius 1 is 0.947 bits per heavy atom. The first-order valence-electron chi connectivity index (χ1n) is 14.1. The van der Waals surface area contributed by atoms with Crippen LogP contribution in [0.25, 0.3) is 0 Å². The Hall–Kier alpha value is -2.81. The lowest BCUT2D eigenvalue weighted by molar-refractivity contribution is -0.132. The SMILES string of the molecule is CCCCCC(=O)N[C@@H](Cc1ccncc1)C(=O)N[C@@H](CCCC)C(=O)NC(C)C[C@H](C)C(=O)[C@@]1(C)CO1. The van der Waals surface area contributed by atoms with Gasteiger partial charge in [0.2, 0.25) is 17.7 Å². The van der Waals surface area contributed by atoms with Crippen LogP contribution in [0.3, 0.4) is 0 Å². The molecule has 212 valence electrons. The zero-order valence-electron chi connectivity index (χ0n) is 23.7. The van der Waals surface area contributed by atoms with Gasteiger partial charge in [0, 0.05) is 37.2 Å². The molecule has 3 N–H and O–H groups in total. The maximum atomic E-state index is 13.4. The number of pyridine rings is 1. The van der Waals surface area contributed by atoms with Gasteiger partial charge in [0.1, 0.15) is 17.7 Å². The van der Waals surface area contributed by atoms with Crippen LogP contribution in [-0.2, 0) is 30.3 Å². The summed E-state index contributed by atoms with van der Waals surface area (Å²) in [6.07, 6.45) is 9.25. The van der Waals surface area contributed by atoms with E-state index in [0.29, 0.717) is 32.3 Å². The van der Waals surface area contributed by atoms with E-state index < -0.39 is 23.6 Å². The van der Waals surface area contributed by atoms with Gasteiger partial charge in [-0.1, -0.05) is 46.5 Å². The second-order valence-corrected chi connectivity index (χ2v) is 10.8. The van der Waals surface area contributed by atoms with Crippen molar-refractivity contribution in [2.24, 2.45) is 5.92 Å². The largest absolute Gasteiger partial charge is 0.362 e. The van der Waals surface area contributed by atoms with E-state index in [1.165, 1.54) is 0 Å². The predicted molar refractivity (Wildman–Crippen MR) is 146 cm³/mol. The highest BCUT2D eigenvalue weighted by Gasteiger charge is 2.48. The minimum absolute atomic E-state index is 0.0445. The van der Waals surface area contributed by atoms with Gasteiger partial charge in [-0.15, -0.1) is 0 Å². The molecule has 0 spiro atoms. The van der Waals surface area contributed by atoms with E-state index in [-0.39, 0.29) is 29.6 Å². The maximum Gasteiger partial charge on any atom is 0.243 e. The average molecular weight is 531 g/mol. The van der Waals surface area contributed by atoms with Gasteiger partial charge in [0.25, 0.3) is 0 Å². The van der Waals surface area contributed by atoms with Gasteiger partial charge >= 0.3 is 0 Å². The molecule has 9 nitrogen and oxygen atoms in total. The lowest BCUT2D eigenvalue weighted by Gasteiger charge is -2.25. The van der Waals surface area contributed by atoms with Gasteiger partial charge in [-0.05, 0) is 50.8 Å². The Balaban J connectivity index is 2.04. The number of Topliss-reactive ketones (excluding diaryl/α,β-unsaturated/α-hetero) is 1. The number of nitrogens with zero attached hydrogens (tertiary/aromatic N) is 1. The van der Waals surface area contributed by atoms with Crippen molar-refractivity contribution in [3.8, 4) is 0 Å². The Morgan fingerprint density at radius 3 is 2.18 bits per heavy atom. The van der Waals surface area contributed by atoms with Gasteiger partial charge in [-0.3, -0.25) is 24.2 Å². The van der Waals surface area contributed by atoms with E-state index in [1.54, 1.807) is 19.3 Å². The highest BCUT2D eigenvalue weighted by molar-refractivity contribution is 5.93. The van der Waals surface area contributed by atoms with Gasteiger partial charge < -0.3 is 20.7 Å². The number of ketones is 1. The quantitative estimate of drug-likeness (QED) is 0.197. The third kappa shape index (κ3) is 10.5. The van der Waals surface area contributed by atoms with Crippen LogP contribution >= 0.6 is 0 Å². The van der Waals surface area contributed by atoms with Crippen LogP contribution in [0.15, 0.2) is 24.5 Å². The second-order valence-electron chi connectivity index (χ2n) is 10.8. The molecule has 1 unspecified atom stereocenters. The molecular weight excluding hydrogens is 484 g/mol. The lowest BCUT2D eigenvalue weighted by Crippen LogP contribution is -2.55. The molecule has 2 rings (SSSR count). The van der Waals surface area contributed by atoms with Crippen LogP contribution in [0.1, 0.15) is 91.5 Å². The molecule has 0 aromatic carbocycles. The van der Waals surface area contributed by atoms with E-state index >= 15 is 0 Å². The van der Waals surface area contributed by atoms with E-state index in [9.17, 15) is 19.2 Å². The molecule has 1 saturated heterocycles. The first kappa shape index (κ1) is 31.4. The fourth-order valence-electron chi connectivity index (χ4n) is 4.53. The fourth-order valence-corrected chi connectivity index (χ4v) is 4.53. The molecule has 1 aliphatic heterocycles. The molecule has 1 aromatic heterocycles. The molecule has 9 heteroatoms. The molecule has 1 aromatic rings. The van der Waals surface area contributed by atoms with Crippen LogP contribution in [0.5, 0.6) is 0 Å². The number of nitrogens with one attached hydrogen (secondary N) is 3. The zero-order valence-corrected chi connectivity index (χ0v) is 23.7. The Bertz CT molecular complexity index is 919. The molecule has 1 aliphatic rings. The number of aromatic nitrogens is 1. The van der Waals surface area contributed by atoms with Gasteiger partial charge in [0.15, 0.2) is 5.78 Å². The summed E-state index contributed by atoms with van der Waals surface area (Å²) < 4.78 is 5.27. The van der Waals surface area contributed by atoms with Crippen molar-refractivity contribution >= 4 is 23.5 Å². The summed E-state index contributed by atoms with van der Waals surface area (Å²) in [5.74, 6) is -1.07. The summed E-state index contributed by atoms with van der Waals surface area (Å²) >= 11 is 0. The van der Waals surface area contributed by atoms with Crippen molar-refractivity contribution in [3.05, 3.63) is 30.1 Å². The van der Waals surface area contributed by atoms with Gasteiger partial charge in [0.05, 0.1) is 6.61 Å². The number of rotatable bonds is 18. The number of unbranched alkanes of at least 4 members (excludes halogenated alkanes) is 3. The Kier molecular flexibility index (Phi) is 12.9. The summed E-state index contributed by atoms with van der Waals surface area (Å²) in [7, 11) is 0. The Morgan fingerprint density at radius 2 is 1.58 bits per heavy atom. The van der Waals surface area contributed by atoms with Gasteiger partial charge in [-0.2, -0.15) is 0 Å². The van der Waals surface area contributed by atoms with Crippen molar-refractivity contribution in [2.45, 2.75) is 116 Å². The molecule has 0 bridgehead atoms. The van der Waals surface area contributed by atoms with Crippen LogP contribution in [0.4, 0.5) is 0 Å².